The van der Waals surface area contributed by atoms with E-state index in [1.807, 2.05) is 0 Å². The van der Waals surface area contributed by atoms with Gasteiger partial charge in [0.1, 0.15) is 0 Å². The molecule has 0 spiro atoms. The normalized spacial score (nSPS) is 12.0. The molecule has 0 aliphatic heterocycles. The van der Waals surface area contributed by atoms with E-state index in [1.165, 1.54) is 86.9 Å². The summed E-state index contributed by atoms with van der Waals surface area (Å²) in [4.78, 5) is 0. The fourth-order valence-electron chi connectivity index (χ4n) is 7.11. The number of benzene rings is 9. The maximum atomic E-state index is 2.44. The Kier molecular flexibility index (Phi) is 4.42. The molecule has 0 fully saturated rings. The highest BCUT2D eigenvalue weighted by Gasteiger charge is 2.21. The molecule has 0 amide bonds. The molecule has 0 radical (unpaired) electrons. The Bertz CT molecular complexity index is 2410. The van der Waals surface area contributed by atoms with E-state index in [9.17, 15) is 0 Å². The van der Waals surface area contributed by atoms with Crippen LogP contribution < -0.4 is 0 Å². The maximum absolute atomic E-state index is 2.44. The number of hydrogen-bond acceptors (Lipinski definition) is 0. The molecule has 9 rings (SSSR count). The summed E-state index contributed by atoms with van der Waals surface area (Å²) < 4.78 is 0. The van der Waals surface area contributed by atoms with E-state index in [1.54, 1.807) is 0 Å². The summed E-state index contributed by atoms with van der Waals surface area (Å²) in [5, 5.41) is 15.7. The Hall–Kier alpha value is -5.20. The van der Waals surface area contributed by atoms with Crippen molar-refractivity contribution in [3.8, 4) is 22.3 Å². The number of fused-ring (bicyclic) bond motifs is 4. The zero-order chi connectivity index (χ0) is 26.2. The van der Waals surface area contributed by atoms with Crippen LogP contribution in [0.15, 0.2) is 146 Å². The molecule has 9 aromatic carbocycles. The second kappa shape index (κ2) is 8.15. The van der Waals surface area contributed by atoms with E-state index in [-0.39, 0.29) is 0 Å². The first-order valence-corrected chi connectivity index (χ1v) is 14.0. The van der Waals surface area contributed by atoms with Crippen molar-refractivity contribution in [2.45, 2.75) is 0 Å². The molecule has 0 aromatic heterocycles. The van der Waals surface area contributed by atoms with Gasteiger partial charge in [0.25, 0.3) is 0 Å². The monoisotopic (exact) mass is 504 g/mol. The molecule has 40 heavy (non-hydrogen) atoms. The Labute approximate surface area is 232 Å². The lowest BCUT2D eigenvalue weighted by molar-refractivity contribution is 1.67. The highest BCUT2D eigenvalue weighted by molar-refractivity contribution is 6.33. The van der Waals surface area contributed by atoms with Crippen molar-refractivity contribution in [2.24, 2.45) is 0 Å². The van der Waals surface area contributed by atoms with E-state index in [4.69, 9.17) is 0 Å². The molecule has 0 aliphatic rings. The molecular weight excluding hydrogens is 480 g/mol. The van der Waals surface area contributed by atoms with Crippen molar-refractivity contribution in [2.75, 3.05) is 0 Å². The largest absolute Gasteiger partial charge is 0.0622 e. The van der Waals surface area contributed by atoms with Gasteiger partial charge < -0.3 is 0 Å². The standard InChI is InChI=1S/C40H24/c1-2-11-26(12-3-1)37-31-17-6-7-18-32(31)40(39-30-16-5-4-10-25(30)22-23-34(37)39)35-24-29-15-8-13-27-20-21-28-14-9-19-33(35)38(28)36(27)29/h1-24H. The molecule has 0 bridgehead atoms. The molecule has 0 heterocycles. The highest BCUT2D eigenvalue weighted by Crippen LogP contribution is 2.49. The smallest absolute Gasteiger partial charge is 0.00137 e. The molecule has 0 N–H and O–H groups in total. The van der Waals surface area contributed by atoms with Gasteiger partial charge in [-0.3, -0.25) is 0 Å². The fraction of sp³-hybridized carbons (Fsp3) is 0. The second-order valence-electron chi connectivity index (χ2n) is 10.8. The van der Waals surface area contributed by atoms with Crippen LogP contribution in [0.5, 0.6) is 0 Å². The Morgan fingerprint density at radius 3 is 1.68 bits per heavy atom. The summed E-state index contributed by atoms with van der Waals surface area (Å²) in [5.74, 6) is 0. The van der Waals surface area contributed by atoms with Crippen molar-refractivity contribution < 1.29 is 0 Å². The van der Waals surface area contributed by atoms with Crippen LogP contribution >= 0.6 is 0 Å². The van der Waals surface area contributed by atoms with Gasteiger partial charge in [0.05, 0.1) is 0 Å². The molecule has 0 saturated carbocycles. The number of rotatable bonds is 2. The zero-order valence-corrected chi connectivity index (χ0v) is 21.9. The van der Waals surface area contributed by atoms with Gasteiger partial charge in [-0.25, -0.2) is 0 Å². The minimum absolute atomic E-state index is 1.25. The lowest BCUT2D eigenvalue weighted by Crippen LogP contribution is -1.94. The first-order chi connectivity index (χ1) is 19.9. The Balaban J connectivity index is 1.59. The van der Waals surface area contributed by atoms with Gasteiger partial charge in [0.2, 0.25) is 0 Å². The van der Waals surface area contributed by atoms with Crippen LogP contribution in [-0.2, 0) is 0 Å². The topological polar surface area (TPSA) is 0 Å². The highest BCUT2D eigenvalue weighted by atomic mass is 14.2. The third-order valence-electron chi connectivity index (χ3n) is 8.75. The molecular formula is C40H24. The van der Waals surface area contributed by atoms with Crippen LogP contribution in [0.25, 0.3) is 86.9 Å². The van der Waals surface area contributed by atoms with Gasteiger partial charge in [-0.05, 0) is 93.0 Å². The average molecular weight is 505 g/mol. The summed E-state index contributed by atoms with van der Waals surface area (Å²) in [7, 11) is 0. The van der Waals surface area contributed by atoms with Crippen molar-refractivity contribution in [3.63, 3.8) is 0 Å². The lowest BCUT2D eigenvalue weighted by atomic mass is 9.81. The van der Waals surface area contributed by atoms with E-state index in [0.29, 0.717) is 0 Å². The molecule has 0 unspecified atom stereocenters. The van der Waals surface area contributed by atoms with Crippen LogP contribution in [0.2, 0.25) is 0 Å². The van der Waals surface area contributed by atoms with E-state index in [0.717, 1.165) is 0 Å². The van der Waals surface area contributed by atoms with Gasteiger partial charge in [-0.15, -0.1) is 0 Å². The van der Waals surface area contributed by atoms with Crippen LogP contribution in [0.4, 0.5) is 0 Å². The zero-order valence-electron chi connectivity index (χ0n) is 21.9. The SMILES string of the molecule is c1ccc(-c2c3ccccc3c(-c3cc4cccc5ccc6cccc3c6c54)c3c2ccc2ccccc23)cc1. The lowest BCUT2D eigenvalue weighted by Gasteiger charge is -2.21. The van der Waals surface area contributed by atoms with Gasteiger partial charge in [-0.1, -0.05) is 140 Å². The minimum atomic E-state index is 1.25. The van der Waals surface area contributed by atoms with E-state index < -0.39 is 0 Å². The van der Waals surface area contributed by atoms with Crippen molar-refractivity contribution in [3.05, 3.63) is 146 Å². The first-order valence-electron chi connectivity index (χ1n) is 14.0. The van der Waals surface area contributed by atoms with Gasteiger partial charge in [0.15, 0.2) is 0 Å². The molecule has 0 atom stereocenters. The number of hydrogen-bond donors (Lipinski definition) is 0. The second-order valence-corrected chi connectivity index (χ2v) is 10.8. The fourth-order valence-corrected chi connectivity index (χ4v) is 7.11. The predicted octanol–water partition coefficient (Wildman–Crippen LogP) is 11.4. The summed E-state index contributed by atoms with van der Waals surface area (Å²) in [6.45, 7) is 0. The average Bonchev–Trinajstić information content (AvgIpc) is 3.02. The molecule has 0 aliphatic carbocycles. The predicted molar refractivity (Wildman–Crippen MR) is 174 cm³/mol. The third-order valence-corrected chi connectivity index (χ3v) is 8.75. The quantitative estimate of drug-likeness (QED) is 0.162. The van der Waals surface area contributed by atoms with Crippen molar-refractivity contribution in [1.29, 1.82) is 0 Å². The van der Waals surface area contributed by atoms with E-state index >= 15 is 0 Å². The van der Waals surface area contributed by atoms with Crippen LogP contribution in [0, 0.1) is 0 Å². The summed E-state index contributed by atoms with van der Waals surface area (Å²) in [5.41, 5.74) is 5.17. The maximum Gasteiger partial charge on any atom is -0.00137 e. The van der Waals surface area contributed by atoms with Crippen LogP contribution in [0.3, 0.4) is 0 Å². The van der Waals surface area contributed by atoms with Gasteiger partial charge in [-0.2, -0.15) is 0 Å². The van der Waals surface area contributed by atoms with Gasteiger partial charge in [0, 0.05) is 0 Å². The van der Waals surface area contributed by atoms with Crippen molar-refractivity contribution in [1.82, 2.24) is 0 Å². The summed E-state index contributed by atoms with van der Waals surface area (Å²) in [6.07, 6.45) is 0. The minimum Gasteiger partial charge on any atom is -0.0622 e. The Morgan fingerprint density at radius 1 is 0.275 bits per heavy atom. The first kappa shape index (κ1) is 21.7. The van der Waals surface area contributed by atoms with Crippen LogP contribution in [0.1, 0.15) is 0 Å². The molecule has 0 heteroatoms. The van der Waals surface area contributed by atoms with E-state index in [2.05, 4.69) is 146 Å². The summed E-state index contributed by atoms with van der Waals surface area (Å²) >= 11 is 0. The summed E-state index contributed by atoms with van der Waals surface area (Å²) in [6, 6.07) is 53.8. The molecule has 0 saturated heterocycles. The molecule has 9 aromatic rings. The molecule has 184 valence electrons. The van der Waals surface area contributed by atoms with Gasteiger partial charge >= 0.3 is 0 Å². The van der Waals surface area contributed by atoms with Crippen LogP contribution in [-0.4, -0.2) is 0 Å². The molecule has 0 nitrogen and oxygen atoms in total. The third kappa shape index (κ3) is 2.91. The Morgan fingerprint density at radius 2 is 0.850 bits per heavy atom. The van der Waals surface area contributed by atoms with Crippen molar-refractivity contribution >= 4 is 64.6 Å².